The van der Waals surface area contributed by atoms with Crippen molar-refractivity contribution in [2.75, 3.05) is 0 Å². The molecule has 1 unspecified atom stereocenters. The maximum atomic E-state index is 3.74. The second kappa shape index (κ2) is 5.17. The Morgan fingerprint density at radius 1 is 1.10 bits per heavy atom. The Bertz CT molecular complexity index is 76.8. The maximum absolute atomic E-state index is 3.74. The van der Waals surface area contributed by atoms with E-state index in [0.717, 1.165) is 0 Å². The van der Waals surface area contributed by atoms with Gasteiger partial charge in [-0.2, -0.15) is 0 Å². The predicted molar refractivity (Wildman–Crippen MR) is 51.8 cm³/mol. The van der Waals surface area contributed by atoms with Crippen LogP contribution in [0.1, 0.15) is 52.9 Å². The van der Waals surface area contributed by atoms with Crippen LogP contribution < -0.4 is 0 Å². The molecule has 0 radical (unpaired) electrons. The van der Waals surface area contributed by atoms with Gasteiger partial charge in [0.2, 0.25) is 0 Å². The van der Waals surface area contributed by atoms with Crippen molar-refractivity contribution in [3.05, 3.63) is 0 Å². The zero-order chi connectivity index (χ0) is 8.04. The van der Waals surface area contributed by atoms with Gasteiger partial charge in [0.1, 0.15) is 0 Å². The third kappa shape index (κ3) is 5.28. The van der Waals surface area contributed by atoms with Crippen LogP contribution in [0, 0.1) is 0 Å². The number of halogens is 1. The molecule has 0 fully saturated rings. The fraction of sp³-hybridized carbons (Fsp3) is 1.00. The summed E-state index contributed by atoms with van der Waals surface area (Å²) in [5.41, 5.74) is 0. The number of unbranched alkanes of at least 4 members (excludes halogenated alkanes) is 1. The topological polar surface area (TPSA) is 0 Å². The number of hydrogen-bond donors (Lipinski definition) is 0. The highest BCUT2D eigenvalue weighted by molar-refractivity contribution is 9.10. The summed E-state index contributed by atoms with van der Waals surface area (Å²) in [7, 11) is 0. The molecule has 0 aromatic rings. The third-order valence-corrected chi connectivity index (χ3v) is 2.62. The van der Waals surface area contributed by atoms with E-state index in [4.69, 9.17) is 0 Å². The van der Waals surface area contributed by atoms with E-state index in [1.165, 1.54) is 32.1 Å². The van der Waals surface area contributed by atoms with Gasteiger partial charge in [-0.3, -0.25) is 0 Å². The van der Waals surface area contributed by atoms with E-state index in [-0.39, 0.29) is 0 Å². The average molecular weight is 207 g/mol. The molecule has 0 aromatic carbocycles. The molecule has 0 aromatic heterocycles. The van der Waals surface area contributed by atoms with Gasteiger partial charge in [0, 0.05) is 4.32 Å². The first-order chi connectivity index (χ1) is 4.62. The highest BCUT2D eigenvalue weighted by Crippen LogP contribution is 2.29. The van der Waals surface area contributed by atoms with Crippen LogP contribution in [0.25, 0.3) is 0 Å². The lowest BCUT2D eigenvalue weighted by atomic mass is 9.99. The molecule has 0 spiro atoms. The Kier molecular flexibility index (Phi) is 5.42. The molecule has 1 heteroatoms. The Hall–Kier alpha value is 0.480. The summed E-state index contributed by atoms with van der Waals surface area (Å²) in [6.45, 7) is 6.78. The van der Waals surface area contributed by atoms with Crippen molar-refractivity contribution in [3.8, 4) is 0 Å². The fourth-order valence-electron chi connectivity index (χ4n) is 1.19. The van der Waals surface area contributed by atoms with E-state index in [2.05, 4.69) is 36.7 Å². The first kappa shape index (κ1) is 10.5. The Labute approximate surface area is 73.5 Å². The van der Waals surface area contributed by atoms with E-state index in [9.17, 15) is 0 Å². The number of rotatable bonds is 5. The van der Waals surface area contributed by atoms with E-state index in [1.807, 2.05) is 0 Å². The van der Waals surface area contributed by atoms with Gasteiger partial charge in [-0.25, -0.2) is 0 Å². The normalized spacial score (nSPS) is 16.8. The largest absolute Gasteiger partial charge is 0.0856 e. The van der Waals surface area contributed by atoms with Crippen LogP contribution in [0.5, 0.6) is 0 Å². The minimum absolute atomic E-state index is 0.414. The maximum Gasteiger partial charge on any atom is 0.0229 e. The molecule has 0 nitrogen and oxygen atoms in total. The van der Waals surface area contributed by atoms with Crippen molar-refractivity contribution in [3.63, 3.8) is 0 Å². The minimum Gasteiger partial charge on any atom is -0.0856 e. The van der Waals surface area contributed by atoms with E-state index < -0.39 is 0 Å². The lowest BCUT2D eigenvalue weighted by Gasteiger charge is -2.20. The molecule has 0 aliphatic heterocycles. The van der Waals surface area contributed by atoms with Gasteiger partial charge in [-0.15, -0.1) is 0 Å². The smallest absolute Gasteiger partial charge is 0.0229 e. The molecule has 62 valence electrons. The molecule has 0 rings (SSSR count). The highest BCUT2D eigenvalue weighted by Gasteiger charge is 2.17. The molecule has 0 amide bonds. The van der Waals surface area contributed by atoms with Crippen molar-refractivity contribution >= 4 is 15.9 Å². The summed E-state index contributed by atoms with van der Waals surface area (Å²) in [4.78, 5) is 0. The van der Waals surface area contributed by atoms with Crippen molar-refractivity contribution in [1.29, 1.82) is 0 Å². The van der Waals surface area contributed by atoms with Gasteiger partial charge >= 0.3 is 0 Å². The van der Waals surface area contributed by atoms with Crippen LogP contribution >= 0.6 is 15.9 Å². The molecule has 1 atom stereocenters. The summed E-state index contributed by atoms with van der Waals surface area (Å²) in [6, 6.07) is 0. The SMILES string of the molecule is CCCCC(C)(Br)CCC. The van der Waals surface area contributed by atoms with Crippen molar-refractivity contribution < 1.29 is 0 Å². The molecule has 0 saturated carbocycles. The molecule has 0 heterocycles. The van der Waals surface area contributed by atoms with Crippen LogP contribution in [-0.4, -0.2) is 4.32 Å². The van der Waals surface area contributed by atoms with Crippen LogP contribution in [-0.2, 0) is 0 Å². The quantitative estimate of drug-likeness (QED) is 0.594. The summed E-state index contributed by atoms with van der Waals surface area (Å²) in [5.74, 6) is 0. The molecular weight excluding hydrogens is 188 g/mol. The lowest BCUT2D eigenvalue weighted by molar-refractivity contribution is 0.522. The standard InChI is InChI=1S/C9H19Br/c1-4-6-8-9(3,10)7-5-2/h4-8H2,1-3H3. The van der Waals surface area contributed by atoms with Crippen LogP contribution in [0.4, 0.5) is 0 Å². The molecule has 0 aliphatic carbocycles. The number of hydrogen-bond acceptors (Lipinski definition) is 0. The predicted octanol–water partition coefficient (Wildman–Crippen LogP) is 4.13. The molecule has 0 saturated heterocycles. The van der Waals surface area contributed by atoms with Crippen molar-refractivity contribution in [2.45, 2.75) is 57.2 Å². The van der Waals surface area contributed by atoms with Crippen LogP contribution in [0.3, 0.4) is 0 Å². The molecule has 10 heavy (non-hydrogen) atoms. The van der Waals surface area contributed by atoms with E-state index in [0.29, 0.717) is 4.32 Å². The zero-order valence-corrected chi connectivity index (χ0v) is 9.00. The fourth-order valence-corrected chi connectivity index (χ4v) is 1.87. The summed E-state index contributed by atoms with van der Waals surface area (Å²) < 4.78 is 0.414. The monoisotopic (exact) mass is 206 g/mol. The first-order valence-electron chi connectivity index (χ1n) is 4.31. The first-order valence-corrected chi connectivity index (χ1v) is 5.10. The number of alkyl halides is 1. The van der Waals surface area contributed by atoms with E-state index in [1.54, 1.807) is 0 Å². The van der Waals surface area contributed by atoms with Crippen molar-refractivity contribution in [1.82, 2.24) is 0 Å². The summed E-state index contributed by atoms with van der Waals surface area (Å²) in [5, 5.41) is 0. The van der Waals surface area contributed by atoms with Crippen LogP contribution in [0.2, 0.25) is 0 Å². The minimum atomic E-state index is 0.414. The summed E-state index contributed by atoms with van der Waals surface area (Å²) >= 11 is 3.74. The molecule has 0 bridgehead atoms. The van der Waals surface area contributed by atoms with Crippen LogP contribution in [0.15, 0.2) is 0 Å². The highest BCUT2D eigenvalue weighted by atomic mass is 79.9. The zero-order valence-electron chi connectivity index (χ0n) is 7.41. The molecule has 0 aliphatic rings. The van der Waals surface area contributed by atoms with Gasteiger partial charge < -0.3 is 0 Å². The van der Waals surface area contributed by atoms with Gasteiger partial charge in [0.05, 0.1) is 0 Å². The summed E-state index contributed by atoms with van der Waals surface area (Å²) in [6.07, 6.45) is 6.56. The molecular formula is C9H19Br. The average Bonchev–Trinajstić information content (AvgIpc) is 1.84. The van der Waals surface area contributed by atoms with Gasteiger partial charge in [-0.05, 0) is 19.8 Å². The second-order valence-electron chi connectivity index (χ2n) is 3.27. The Morgan fingerprint density at radius 3 is 2.10 bits per heavy atom. The van der Waals surface area contributed by atoms with E-state index >= 15 is 0 Å². The third-order valence-electron chi connectivity index (χ3n) is 1.82. The Morgan fingerprint density at radius 2 is 1.70 bits per heavy atom. The molecule has 0 N–H and O–H groups in total. The lowest BCUT2D eigenvalue weighted by Crippen LogP contribution is -2.14. The van der Waals surface area contributed by atoms with Gasteiger partial charge in [0.25, 0.3) is 0 Å². The van der Waals surface area contributed by atoms with Gasteiger partial charge in [0.15, 0.2) is 0 Å². The van der Waals surface area contributed by atoms with Gasteiger partial charge in [-0.1, -0.05) is 49.0 Å². The Balaban J connectivity index is 3.42. The second-order valence-corrected chi connectivity index (χ2v) is 5.18. The van der Waals surface area contributed by atoms with Crippen molar-refractivity contribution in [2.24, 2.45) is 0 Å².